The first-order chi connectivity index (χ1) is 8.63. The Kier molecular flexibility index (Phi) is 3.71. The van der Waals surface area contributed by atoms with Crippen LogP contribution in [0.1, 0.15) is 6.92 Å². The van der Waals surface area contributed by atoms with Crippen LogP contribution in [0.2, 0.25) is 0 Å². The normalized spacial score (nSPS) is 12.4. The summed E-state index contributed by atoms with van der Waals surface area (Å²) in [6.07, 6.45) is 1.58. The fourth-order valence-corrected chi connectivity index (χ4v) is 2.25. The third kappa shape index (κ3) is 2.40. The van der Waals surface area contributed by atoms with Gasteiger partial charge in [0.15, 0.2) is 16.7 Å². The van der Waals surface area contributed by atoms with Crippen molar-refractivity contribution >= 4 is 17.7 Å². The number of nitrogens with zero attached hydrogens (tertiary/aromatic N) is 3. The second-order valence-corrected chi connectivity index (χ2v) is 4.93. The van der Waals surface area contributed by atoms with Gasteiger partial charge in [0.2, 0.25) is 0 Å². The number of ether oxygens (including phenoxy) is 1. The maximum absolute atomic E-state index is 11.3. The van der Waals surface area contributed by atoms with E-state index in [2.05, 4.69) is 14.9 Å². The van der Waals surface area contributed by atoms with Crippen molar-refractivity contribution in [3.8, 4) is 11.6 Å². The average Bonchev–Trinajstić information content (AvgIpc) is 2.99. The van der Waals surface area contributed by atoms with Crippen LogP contribution >= 0.6 is 11.8 Å². The highest BCUT2D eigenvalue weighted by atomic mass is 32.2. The lowest BCUT2D eigenvalue weighted by Gasteiger charge is -2.07. The number of rotatable bonds is 4. The number of aromatic nitrogens is 3. The Hall–Kier alpha value is -1.76. The monoisotopic (exact) mass is 267 g/mol. The van der Waals surface area contributed by atoms with Gasteiger partial charge < -0.3 is 13.7 Å². The first kappa shape index (κ1) is 12.7. The molecule has 0 radical (unpaired) electrons. The van der Waals surface area contributed by atoms with Gasteiger partial charge in [-0.1, -0.05) is 11.8 Å². The molecule has 0 unspecified atom stereocenters. The van der Waals surface area contributed by atoms with Gasteiger partial charge in [-0.05, 0) is 19.1 Å². The number of esters is 1. The molecule has 6 nitrogen and oxygen atoms in total. The van der Waals surface area contributed by atoms with Gasteiger partial charge in [0.25, 0.3) is 0 Å². The smallest absolute Gasteiger partial charge is 0.318 e. The number of furan rings is 1. The van der Waals surface area contributed by atoms with Crippen molar-refractivity contribution in [2.45, 2.75) is 17.3 Å². The molecule has 0 aliphatic rings. The van der Waals surface area contributed by atoms with E-state index in [0.29, 0.717) is 16.7 Å². The van der Waals surface area contributed by atoms with Crippen molar-refractivity contribution in [1.82, 2.24) is 14.8 Å². The van der Waals surface area contributed by atoms with Crippen LogP contribution in [0.5, 0.6) is 0 Å². The van der Waals surface area contributed by atoms with Crippen LogP contribution < -0.4 is 0 Å². The predicted molar refractivity (Wildman–Crippen MR) is 66.0 cm³/mol. The Balaban J connectivity index is 2.19. The molecule has 18 heavy (non-hydrogen) atoms. The third-order valence-corrected chi connectivity index (χ3v) is 3.50. The molecule has 0 bridgehead atoms. The summed E-state index contributed by atoms with van der Waals surface area (Å²) in [5, 5.41) is 8.39. The molecule has 2 aromatic rings. The van der Waals surface area contributed by atoms with E-state index in [9.17, 15) is 4.79 Å². The SMILES string of the molecule is COC(=O)[C@@H](C)Sc1nnc(-c2ccco2)n1C. The van der Waals surface area contributed by atoms with E-state index in [1.807, 2.05) is 13.1 Å². The predicted octanol–water partition coefficient (Wildman–Crippen LogP) is 1.73. The molecule has 96 valence electrons. The van der Waals surface area contributed by atoms with E-state index in [1.165, 1.54) is 18.9 Å². The molecule has 0 aromatic carbocycles. The molecular formula is C11H13N3O3S. The topological polar surface area (TPSA) is 70.2 Å². The highest BCUT2D eigenvalue weighted by molar-refractivity contribution is 8.00. The largest absolute Gasteiger partial charge is 0.468 e. The lowest BCUT2D eigenvalue weighted by atomic mass is 10.4. The Morgan fingerprint density at radius 1 is 1.56 bits per heavy atom. The van der Waals surface area contributed by atoms with Crippen LogP contribution in [0, 0.1) is 0 Å². The molecule has 0 aliphatic heterocycles. The van der Waals surface area contributed by atoms with Crippen molar-refractivity contribution in [3.63, 3.8) is 0 Å². The minimum absolute atomic E-state index is 0.289. The molecule has 0 N–H and O–H groups in total. The lowest BCUT2D eigenvalue weighted by molar-refractivity contribution is -0.139. The van der Waals surface area contributed by atoms with Crippen LogP contribution in [0.3, 0.4) is 0 Å². The van der Waals surface area contributed by atoms with Crippen molar-refractivity contribution in [2.24, 2.45) is 7.05 Å². The number of hydrogen-bond donors (Lipinski definition) is 0. The van der Waals surface area contributed by atoms with Crippen molar-refractivity contribution in [2.75, 3.05) is 7.11 Å². The molecule has 1 atom stereocenters. The Labute approximate surface area is 108 Å². The van der Waals surface area contributed by atoms with E-state index in [0.717, 1.165) is 0 Å². The molecule has 2 aromatic heterocycles. The quantitative estimate of drug-likeness (QED) is 0.620. The highest BCUT2D eigenvalue weighted by Gasteiger charge is 2.20. The van der Waals surface area contributed by atoms with Crippen LogP contribution in [-0.2, 0) is 16.6 Å². The molecule has 0 amide bonds. The summed E-state index contributed by atoms with van der Waals surface area (Å²) in [7, 11) is 3.19. The molecular weight excluding hydrogens is 254 g/mol. The molecule has 2 rings (SSSR count). The number of carbonyl (C=O) groups excluding carboxylic acids is 1. The van der Waals surface area contributed by atoms with Gasteiger partial charge in [0.1, 0.15) is 5.25 Å². The van der Waals surface area contributed by atoms with Crippen LogP contribution in [0.25, 0.3) is 11.6 Å². The van der Waals surface area contributed by atoms with Gasteiger partial charge in [0.05, 0.1) is 13.4 Å². The maximum Gasteiger partial charge on any atom is 0.318 e. The number of thioether (sulfide) groups is 1. The van der Waals surface area contributed by atoms with Crippen molar-refractivity contribution in [1.29, 1.82) is 0 Å². The van der Waals surface area contributed by atoms with Gasteiger partial charge in [-0.25, -0.2) is 0 Å². The summed E-state index contributed by atoms with van der Waals surface area (Å²) in [5.41, 5.74) is 0. The summed E-state index contributed by atoms with van der Waals surface area (Å²) in [6, 6.07) is 3.59. The molecule has 0 aliphatic carbocycles. The molecule has 0 spiro atoms. The zero-order valence-corrected chi connectivity index (χ0v) is 11.1. The van der Waals surface area contributed by atoms with Gasteiger partial charge in [-0.3, -0.25) is 4.79 Å². The van der Waals surface area contributed by atoms with Crippen molar-refractivity contribution < 1.29 is 13.9 Å². The highest BCUT2D eigenvalue weighted by Crippen LogP contribution is 2.26. The summed E-state index contributed by atoms with van der Waals surface area (Å²) >= 11 is 1.29. The van der Waals surface area contributed by atoms with E-state index < -0.39 is 0 Å². The Morgan fingerprint density at radius 2 is 2.33 bits per heavy atom. The first-order valence-corrected chi connectivity index (χ1v) is 6.19. The lowest BCUT2D eigenvalue weighted by Crippen LogP contribution is -2.15. The van der Waals surface area contributed by atoms with E-state index in [-0.39, 0.29) is 11.2 Å². The van der Waals surface area contributed by atoms with Gasteiger partial charge >= 0.3 is 5.97 Å². The molecule has 0 saturated carbocycles. The standard InChI is InChI=1S/C11H13N3O3S/c1-7(10(15)16-3)18-11-13-12-9(14(11)2)8-5-4-6-17-8/h4-7H,1-3H3/t7-/m1/s1. The fourth-order valence-electron chi connectivity index (χ4n) is 1.41. The minimum atomic E-state index is -0.331. The molecule has 2 heterocycles. The van der Waals surface area contributed by atoms with E-state index in [4.69, 9.17) is 4.42 Å². The van der Waals surface area contributed by atoms with Crippen LogP contribution in [0.4, 0.5) is 0 Å². The molecule has 0 saturated heterocycles. The second kappa shape index (κ2) is 5.26. The van der Waals surface area contributed by atoms with Crippen molar-refractivity contribution in [3.05, 3.63) is 18.4 Å². The van der Waals surface area contributed by atoms with E-state index >= 15 is 0 Å². The second-order valence-electron chi connectivity index (χ2n) is 3.63. The minimum Gasteiger partial charge on any atom is -0.468 e. The molecule has 0 fully saturated rings. The zero-order chi connectivity index (χ0) is 13.1. The maximum atomic E-state index is 11.3. The van der Waals surface area contributed by atoms with Gasteiger partial charge in [-0.2, -0.15) is 0 Å². The van der Waals surface area contributed by atoms with Gasteiger partial charge in [0, 0.05) is 7.05 Å². The Morgan fingerprint density at radius 3 is 2.94 bits per heavy atom. The zero-order valence-electron chi connectivity index (χ0n) is 10.3. The van der Waals surface area contributed by atoms with Gasteiger partial charge in [-0.15, -0.1) is 10.2 Å². The number of hydrogen-bond acceptors (Lipinski definition) is 6. The van der Waals surface area contributed by atoms with Crippen LogP contribution in [-0.4, -0.2) is 33.1 Å². The summed E-state index contributed by atoms with van der Waals surface area (Å²) in [5.74, 6) is 0.977. The summed E-state index contributed by atoms with van der Waals surface area (Å²) < 4.78 is 11.7. The summed E-state index contributed by atoms with van der Waals surface area (Å²) in [4.78, 5) is 11.3. The number of carbonyl (C=O) groups is 1. The van der Waals surface area contributed by atoms with E-state index in [1.54, 1.807) is 23.8 Å². The third-order valence-electron chi connectivity index (χ3n) is 2.39. The fraction of sp³-hybridized carbons (Fsp3) is 0.364. The average molecular weight is 267 g/mol. The molecule has 7 heteroatoms. The first-order valence-electron chi connectivity index (χ1n) is 5.31. The number of methoxy groups -OCH3 is 1. The Bertz CT molecular complexity index is 536. The summed E-state index contributed by atoms with van der Waals surface area (Å²) in [6.45, 7) is 1.76. The van der Waals surface area contributed by atoms with Crippen LogP contribution in [0.15, 0.2) is 28.0 Å².